The van der Waals surface area contributed by atoms with Crippen molar-refractivity contribution in [1.82, 2.24) is 4.90 Å². The monoisotopic (exact) mass is 409 g/mol. The van der Waals surface area contributed by atoms with Gasteiger partial charge < -0.3 is 25.4 Å². The summed E-state index contributed by atoms with van der Waals surface area (Å²) in [5.74, 6) is -1.18. The number of amides is 2. The first-order chi connectivity index (χ1) is 14.5. The van der Waals surface area contributed by atoms with E-state index < -0.39 is 11.9 Å². The number of carbonyl (C=O) groups excluding carboxylic acids is 3. The third-order valence-electron chi connectivity index (χ3n) is 4.58. The zero-order valence-corrected chi connectivity index (χ0v) is 16.6. The number of esters is 1. The van der Waals surface area contributed by atoms with Gasteiger partial charge in [-0.2, -0.15) is 0 Å². The highest BCUT2D eigenvalue weighted by Gasteiger charge is 2.34. The lowest BCUT2D eigenvalue weighted by atomic mass is 10.1. The molecule has 3 rings (SSSR count). The highest BCUT2D eigenvalue weighted by molar-refractivity contribution is 6.08. The Kier molecular flexibility index (Phi) is 6.82. The number of hydrogen-bond acceptors (Lipinski definition) is 6. The summed E-state index contributed by atoms with van der Waals surface area (Å²) in [6.07, 6.45) is 0.241. The summed E-state index contributed by atoms with van der Waals surface area (Å²) in [6, 6.07) is 16.2. The molecule has 0 unspecified atom stereocenters. The maximum atomic E-state index is 12.6. The highest BCUT2D eigenvalue weighted by Crippen LogP contribution is 2.24. The van der Waals surface area contributed by atoms with Crippen molar-refractivity contribution < 1.29 is 24.2 Å². The van der Waals surface area contributed by atoms with Crippen LogP contribution in [0.1, 0.15) is 5.56 Å². The first-order valence-corrected chi connectivity index (χ1v) is 9.44. The summed E-state index contributed by atoms with van der Waals surface area (Å²) in [6.45, 7) is -0.0433. The Hall–Kier alpha value is -3.65. The van der Waals surface area contributed by atoms with Gasteiger partial charge in [-0.05, 0) is 23.8 Å². The van der Waals surface area contributed by atoms with Crippen LogP contribution in [0.5, 0.6) is 0 Å². The van der Waals surface area contributed by atoms with E-state index in [2.05, 4.69) is 10.6 Å². The Morgan fingerprint density at radius 1 is 1.10 bits per heavy atom. The number of benzene rings is 2. The molecule has 0 atom stereocenters. The summed E-state index contributed by atoms with van der Waals surface area (Å²) in [7, 11) is 1.25. The van der Waals surface area contributed by atoms with Gasteiger partial charge >= 0.3 is 5.97 Å². The fourth-order valence-corrected chi connectivity index (χ4v) is 3.15. The van der Waals surface area contributed by atoms with Crippen LogP contribution in [-0.2, 0) is 25.5 Å². The number of hydrogen-bond donors (Lipinski definition) is 3. The second-order valence-electron chi connectivity index (χ2n) is 6.71. The summed E-state index contributed by atoms with van der Waals surface area (Å²) >= 11 is 0. The van der Waals surface area contributed by atoms with Crippen molar-refractivity contribution in [2.75, 3.05) is 37.4 Å². The second kappa shape index (κ2) is 9.71. The molecule has 0 saturated heterocycles. The maximum Gasteiger partial charge on any atom is 0.337 e. The number of nitrogens with one attached hydrogen (secondary N) is 2. The first-order valence-electron chi connectivity index (χ1n) is 9.44. The lowest BCUT2D eigenvalue weighted by Gasteiger charge is -2.15. The van der Waals surface area contributed by atoms with Gasteiger partial charge in [0.25, 0.3) is 5.91 Å². The molecule has 0 fully saturated rings. The molecule has 3 N–H and O–H groups in total. The van der Waals surface area contributed by atoms with Gasteiger partial charge in [0.15, 0.2) is 0 Å². The van der Waals surface area contributed by atoms with Crippen molar-refractivity contribution in [2.24, 2.45) is 0 Å². The molecule has 0 radical (unpaired) electrons. The number of aliphatic hydroxyl groups excluding tert-OH is 1. The fourth-order valence-electron chi connectivity index (χ4n) is 3.15. The highest BCUT2D eigenvalue weighted by atomic mass is 16.5. The molecule has 2 aromatic carbocycles. The normalized spacial score (nSPS) is 13.4. The summed E-state index contributed by atoms with van der Waals surface area (Å²) in [4.78, 5) is 38.4. The number of β-amino-alcohol motifs (C(OH)–C–C–N with tert-alkyl or cyclic N) is 1. The van der Waals surface area contributed by atoms with Crippen LogP contribution >= 0.6 is 0 Å². The molecule has 30 heavy (non-hydrogen) atoms. The van der Waals surface area contributed by atoms with Crippen molar-refractivity contribution in [3.63, 3.8) is 0 Å². The Bertz CT molecular complexity index is 972. The molecule has 0 spiro atoms. The summed E-state index contributed by atoms with van der Waals surface area (Å²) in [5.41, 5.74) is 2.28. The van der Waals surface area contributed by atoms with E-state index in [9.17, 15) is 14.4 Å². The van der Waals surface area contributed by atoms with E-state index in [0.717, 1.165) is 5.56 Å². The standard InChI is InChI=1S/C22H23N3O5/c1-30-22(29)18-14-25(10-11-26)21(28)20(18)24-17-9-5-8-16(13-17)23-19(27)12-15-6-3-2-4-7-15/h2-9,13,24,26H,10-12,14H2,1H3,(H,23,27). The number of rotatable bonds is 8. The lowest BCUT2D eigenvalue weighted by molar-refractivity contribution is -0.136. The molecule has 0 bridgehead atoms. The molecule has 2 amide bonds. The molecule has 156 valence electrons. The van der Waals surface area contributed by atoms with Gasteiger partial charge in [0.1, 0.15) is 5.70 Å². The van der Waals surface area contributed by atoms with Crippen molar-refractivity contribution >= 4 is 29.2 Å². The Balaban J connectivity index is 1.74. The van der Waals surface area contributed by atoms with Gasteiger partial charge in [-0.15, -0.1) is 0 Å². The molecule has 1 aliphatic heterocycles. The maximum absolute atomic E-state index is 12.6. The Labute approximate surface area is 174 Å². The molecule has 0 aliphatic carbocycles. The number of nitrogens with zero attached hydrogens (tertiary/aromatic N) is 1. The minimum absolute atomic E-state index is 0.0574. The van der Waals surface area contributed by atoms with E-state index in [4.69, 9.17) is 9.84 Å². The van der Waals surface area contributed by atoms with Crippen molar-refractivity contribution in [1.29, 1.82) is 0 Å². The SMILES string of the molecule is COC(=O)C1=C(Nc2cccc(NC(=O)Cc3ccccc3)c2)C(=O)N(CCO)C1. The van der Waals surface area contributed by atoms with Crippen LogP contribution in [0.2, 0.25) is 0 Å². The molecule has 1 heterocycles. The third-order valence-corrected chi connectivity index (χ3v) is 4.58. The molecule has 1 aliphatic rings. The minimum Gasteiger partial charge on any atom is -0.466 e. The zero-order valence-electron chi connectivity index (χ0n) is 16.6. The Morgan fingerprint density at radius 2 is 1.83 bits per heavy atom. The summed E-state index contributed by atoms with van der Waals surface area (Å²) in [5, 5.41) is 14.9. The third kappa shape index (κ3) is 5.03. The summed E-state index contributed by atoms with van der Waals surface area (Å²) < 4.78 is 4.77. The van der Waals surface area contributed by atoms with Crippen LogP contribution in [0, 0.1) is 0 Å². The quantitative estimate of drug-likeness (QED) is 0.571. The van der Waals surface area contributed by atoms with E-state index in [1.54, 1.807) is 24.3 Å². The first kappa shape index (κ1) is 21.1. The molecule has 8 heteroatoms. The van der Waals surface area contributed by atoms with Gasteiger partial charge in [0, 0.05) is 17.9 Å². The van der Waals surface area contributed by atoms with Crippen molar-refractivity contribution in [3.8, 4) is 0 Å². The van der Waals surface area contributed by atoms with Crippen molar-refractivity contribution in [2.45, 2.75) is 6.42 Å². The fraction of sp³-hybridized carbons (Fsp3) is 0.227. The van der Waals surface area contributed by atoms with E-state index >= 15 is 0 Å². The van der Waals surface area contributed by atoms with E-state index in [-0.39, 0.29) is 43.3 Å². The van der Waals surface area contributed by atoms with Crippen LogP contribution in [0.4, 0.5) is 11.4 Å². The van der Waals surface area contributed by atoms with Gasteiger partial charge in [-0.3, -0.25) is 9.59 Å². The smallest absolute Gasteiger partial charge is 0.337 e. The lowest BCUT2D eigenvalue weighted by Crippen LogP contribution is -2.31. The molecule has 0 saturated carbocycles. The van der Waals surface area contributed by atoms with E-state index in [1.165, 1.54) is 12.0 Å². The van der Waals surface area contributed by atoms with Gasteiger partial charge in [-0.25, -0.2) is 4.79 Å². The van der Waals surface area contributed by atoms with Gasteiger partial charge in [-0.1, -0.05) is 36.4 Å². The molecule has 8 nitrogen and oxygen atoms in total. The number of aliphatic hydroxyl groups is 1. The number of ether oxygens (including phenoxy) is 1. The largest absolute Gasteiger partial charge is 0.466 e. The van der Waals surface area contributed by atoms with Crippen LogP contribution in [0.15, 0.2) is 65.9 Å². The van der Waals surface area contributed by atoms with Crippen LogP contribution < -0.4 is 10.6 Å². The molecule has 2 aromatic rings. The predicted octanol–water partition coefficient (Wildman–Crippen LogP) is 1.54. The van der Waals surface area contributed by atoms with Crippen LogP contribution in [-0.4, -0.2) is 54.6 Å². The number of anilines is 2. The number of carbonyl (C=O) groups is 3. The average Bonchev–Trinajstić information content (AvgIpc) is 3.04. The predicted molar refractivity (Wildman–Crippen MR) is 112 cm³/mol. The van der Waals surface area contributed by atoms with Gasteiger partial charge in [0.2, 0.25) is 5.91 Å². The minimum atomic E-state index is -0.612. The topological polar surface area (TPSA) is 108 Å². The second-order valence-corrected chi connectivity index (χ2v) is 6.71. The molecular weight excluding hydrogens is 386 g/mol. The van der Waals surface area contributed by atoms with Crippen LogP contribution in [0.25, 0.3) is 0 Å². The Morgan fingerprint density at radius 3 is 2.53 bits per heavy atom. The van der Waals surface area contributed by atoms with Crippen molar-refractivity contribution in [3.05, 3.63) is 71.4 Å². The van der Waals surface area contributed by atoms with E-state index in [0.29, 0.717) is 11.4 Å². The van der Waals surface area contributed by atoms with Crippen LogP contribution in [0.3, 0.4) is 0 Å². The van der Waals surface area contributed by atoms with Gasteiger partial charge in [0.05, 0.1) is 32.3 Å². The number of methoxy groups -OCH3 is 1. The average molecular weight is 409 g/mol. The van der Waals surface area contributed by atoms with E-state index in [1.807, 2.05) is 30.3 Å². The molecular formula is C22H23N3O5. The molecule has 0 aromatic heterocycles. The zero-order chi connectivity index (χ0) is 21.5.